The summed E-state index contributed by atoms with van der Waals surface area (Å²) in [5.74, 6) is -1.58. The first kappa shape index (κ1) is 12.6. The highest BCUT2D eigenvalue weighted by Gasteiger charge is 2.43. The molecule has 0 bridgehead atoms. The minimum atomic E-state index is -0.893. The van der Waals surface area contributed by atoms with E-state index in [0.29, 0.717) is 6.54 Å². The van der Waals surface area contributed by atoms with Crippen molar-refractivity contribution in [2.75, 3.05) is 6.54 Å². The molecule has 2 rings (SSSR count). The van der Waals surface area contributed by atoms with Crippen LogP contribution in [0.2, 0.25) is 0 Å². The molecule has 0 saturated carbocycles. The van der Waals surface area contributed by atoms with Gasteiger partial charge in [-0.05, 0) is 12.0 Å². The molecule has 0 aromatic heterocycles. The Kier molecular flexibility index (Phi) is 3.65. The summed E-state index contributed by atoms with van der Waals surface area (Å²) >= 11 is 0. The number of carbonyl (C=O) groups is 2. The predicted molar refractivity (Wildman–Crippen MR) is 66.9 cm³/mol. The average Bonchev–Trinajstić information content (AvgIpc) is 2.69. The van der Waals surface area contributed by atoms with Crippen molar-refractivity contribution < 1.29 is 14.7 Å². The number of hydrogen-bond donors (Lipinski definition) is 1. The van der Waals surface area contributed by atoms with Crippen molar-refractivity contribution >= 4 is 11.9 Å². The van der Waals surface area contributed by atoms with Gasteiger partial charge < -0.3 is 10.0 Å². The maximum Gasteiger partial charge on any atom is 0.309 e. The molecular weight excluding hydrogens is 230 g/mol. The van der Waals surface area contributed by atoms with Gasteiger partial charge in [-0.25, -0.2) is 0 Å². The molecule has 1 saturated heterocycles. The molecular formula is C14H17NO3. The maximum atomic E-state index is 11.9. The number of carbonyl (C=O) groups excluding carboxylic acids is 1. The number of carboxylic acids is 1. The molecule has 1 amide bonds. The highest BCUT2D eigenvalue weighted by molar-refractivity contribution is 5.87. The summed E-state index contributed by atoms with van der Waals surface area (Å²) < 4.78 is 0. The first-order valence-corrected chi connectivity index (χ1v) is 6.22. The van der Waals surface area contributed by atoms with E-state index in [9.17, 15) is 14.7 Å². The largest absolute Gasteiger partial charge is 0.481 e. The summed E-state index contributed by atoms with van der Waals surface area (Å²) in [5, 5.41) is 9.27. The fourth-order valence-corrected chi connectivity index (χ4v) is 2.58. The van der Waals surface area contributed by atoms with E-state index in [0.717, 1.165) is 12.0 Å². The molecule has 1 N–H and O–H groups in total. The topological polar surface area (TPSA) is 57.6 Å². The van der Waals surface area contributed by atoms with Gasteiger partial charge in [0.15, 0.2) is 0 Å². The van der Waals surface area contributed by atoms with Gasteiger partial charge in [-0.1, -0.05) is 37.3 Å². The molecule has 1 fully saturated rings. The molecule has 0 aliphatic carbocycles. The third-order valence-corrected chi connectivity index (χ3v) is 3.35. The molecule has 0 radical (unpaired) electrons. The summed E-state index contributed by atoms with van der Waals surface area (Å²) in [4.78, 5) is 24.9. The van der Waals surface area contributed by atoms with E-state index in [1.807, 2.05) is 37.3 Å². The Balaban J connectivity index is 2.36. The van der Waals surface area contributed by atoms with Crippen molar-refractivity contribution in [1.29, 1.82) is 0 Å². The summed E-state index contributed by atoms with van der Waals surface area (Å²) in [5.41, 5.74) is 0.907. The van der Waals surface area contributed by atoms with Crippen molar-refractivity contribution in [3.63, 3.8) is 0 Å². The van der Waals surface area contributed by atoms with Gasteiger partial charge in [0.1, 0.15) is 0 Å². The maximum absolute atomic E-state index is 11.9. The minimum Gasteiger partial charge on any atom is -0.481 e. The van der Waals surface area contributed by atoms with E-state index in [1.165, 1.54) is 0 Å². The van der Waals surface area contributed by atoms with Crippen LogP contribution in [0, 0.1) is 5.92 Å². The zero-order chi connectivity index (χ0) is 13.1. The number of likely N-dealkylation sites (tertiary alicyclic amines) is 1. The first-order chi connectivity index (χ1) is 8.65. The molecule has 4 nitrogen and oxygen atoms in total. The lowest BCUT2D eigenvalue weighted by molar-refractivity contribution is -0.142. The molecule has 1 aliphatic heterocycles. The molecule has 1 aliphatic rings. The summed E-state index contributed by atoms with van der Waals surface area (Å²) in [6, 6.07) is 9.10. The van der Waals surface area contributed by atoms with Gasteiger partial charge in [0.05, 0.1) is 12.0 Å². The van der Waals surface area contributed by atoms with Crippen LogP contribution in [-0.2, 0) is 9.59 Å². The van der Waals surface area contributed by atoms with Gasteiger partial charge in [0, 0.05) is 13.0 Å². The third-order valence-electron chi connectivity index (χ3n) is 3.35. The smallest absolute Gasteiger partial charge is 0.309 e. The van der Waals surface area contributed by atoms with Crippen LogP contribution in [0.5, 0.6) is 0 Å². The first-order valence-electron chi connectivity index (χ1n) is 6.22. The summed E-state index contributed by atoms with van der Waals surface area (Å²) in [6.45, 7) is 2.60. The van der Waals surface area contributed by atoms with Crippen molar-refractivity contribution in [3.8, 4) is 0 Å². The second-order valence-electron chi connectivity index (χ2n) is 4.59. The number of carboxylic acid groups (broad SMARTS) is 1. The van der Waals surface area contributed by atoms with Gasteiger partial charge in [-0.15, -0.1) is 0 Å². The van der Waals surface area contributed by atoms with Crippen LogP contribution in [-0.4, -0.2) is 28.4 Å². The molecule has 2 atom stereocenters. The quantitative estimate of drug-likeness (QED) is 0.886. The zero-order valence-electron chi connectivity index (χ0n) is 10.4. The Morgan fingerprint density at radius 2 is 2.06 bits per heavy atom. The Morgan fingerprint density at radius 3 is 2.61 bits per heavy atom. The van der Waals surface area contributed by atoms with Crippen LogP contribution in [0.4, 0.5) is 0 Å². The number of aliphatic carboxylic acids is 1. The molecule has 18 heavy (non-hydrogen) atoms. The molecule has 96 valence electrons. The highest BCUT2D eigenvalue weighted by Crippen LogP contribution is 2.38. The van der Waals surface area contributed by atoms with Crippen LogP contribution in [0.25, 0.3) is 0 Å². The second-order valence-corrected chi connectivity index (χ2v) is 4.59. The minimum absolute atomic E-state index is 0.0573. The molecule has 0 spiro atoms. The van der Waals surface area contributed by atoms with E-state index in [1.54, 1.807) is 4.90 Å². The van der Waals surface area contributed by atoms with E-state index in [2.05, 4.69) is 0 Å². The Hall–Kier alpha value is -1.84. The summed E-state index contributed by atoms with van der Waals surface area (Å²) in [7, 11) is 0. The third kappa shape index (κ3) is 2.23. The number of benzene rings is 1. The van der Waals surface area contributed by atoms with Crippen molar-refractivity contribution in [1.82, 2.24) is 4.90 Å². The SMILES string of the molecule is CCCN1C(=O)CC(C(=O)O)C1c1ccccc1. The van der Waals surface area contributed by atoms with Crippen molar-refractivity contribution in [3.05, 3.63) is 35.9 Å². The van der Waals surface area contributed by atoms with Gasteiger partial charge in [0.25, 0.3) is 0 Å². The lowest BCUT2D eigenvalue weighted by Crippen LogP contribution is -2.31. The van der Waals surface area contributed by atoms with Crippen LogP contribution >= 0.6 is 0 Å². The fourth-order valence-electron chi connectivity index (χ4n) is 2.58. The number of nitrogens with zero attached hydrogens (tertiary/aromatic N) is 1. The number of rotatable bonds is 4. The molecule has 1 aromatic carbocycles. The molecule has 1 aromatic rings. The fraction of sp³-hybridized carbons (Fsp3) is 0.429. The average molecular weight is 247 g/mol. The van der Waals surface area contributed by atoms with E-state index in [-0.39, 0.29) is 18.4 Å². The van der Waals surface area contributed by atoms with Crippen LogP contribution in [0.3, 0.4) is 0 Å². The van der Waals surface area contributed by atoms with Crippen molar-refractivity contribution in [2.45, 2.75) is 25.8 Å². The van der Waals surface area contributed by atoms with E-state index >= 15 is 0 Å². The lowest BCUT2D eigenvalue weighted by Gasteiger charge is -2.26. The Labute approximate surface area is 106 Å². The van der Waals surface area contributed by atoms with E-state index < -0.39 is 11.9 Å². The molecule has 4 heteroatoms. The zero-order valence-corrected chi connectivity index (χ0v) is 10.4. The van der Waals surface area contributed by atoms with Crippen molar-refractivity contribution in [2.24, 2.45) is 5.92 Å². The number of hydrogen-bond acceptors (Lipinski definition) is 2. The number of amides is 1. The predicted octanol–water partition coefficient (Wildman–Crippen LogP) is 2.07. The van der Waals surface area contributed by atoms with Gasteiger partial charge >= 0.3 is 5.97 Å². The Morgan fingerprint density at radius 1 is 1.39 bits per heavy atom. The second kappa shape index (κ2) is 5.21. The van der Waals surface area contributed by atoms with Gasteiger partial charge in [0.2, 0.25) is 5.91 Å². The normalized spacial score (nSPS) is 23.4. The monoisotopic (exact) mass is 247 g/mol. The van der Waals surface area contributed by atoms with Crippen LogP contribution < -0.4 is 0 Å². The van der Waals surface area contributed by atoms with Crippen LogP contribution in [0.15, 0.2) is 30.3 Å². The highest BCUT2D eigenvalue weighted by atomic mass is 16.4. The van der Waals surface area contributed by atoms with Gasteiger partial charge in [-0.3, -0.25) is 9.59 Å². The van der Waals surface area contributed by atoms with Crippen LogP contribution in [0.1, 0.15) is 31.4 Å². The van der Waals surface area contributed by atoms with Gasteiger partial charge in [-0.2, -0.15) is 0 Å². The van der Waals surface area contributed by atoms with E-state index in [4.69, 9.17) is 0 Å². The Bertz CT molecular complexity index is 444. The summed E-state index contributed by atoms with van der Waals surface area (Å²) in [6.07, 6.45) is 0.941. The molecule has 1 heterocycles. The standard InChI is InChI=1S/C14H17NO3/c1-2-8-15-12(16)9-11(14(17)18)13(15)10-6-4-3-5-7-10/h3-7,11,13H,2,8-9H2,1H3,(H,17,18). The lowest BCUT2D eigenvalue weighted by atomic mass is 9.94. The molecule has 2 unspecified atom stereocenters.